The van der Waals surface area contributed by atoms with Crippen LogP contribution < -0.4 is 14.8 Å². The highest BCUT2D eigenvalue weighted by Crippen LogP contribution is 2.33. The number of rotatable bonds is 6. The summed E-state index contributed by atoms with van der Waals surface area (Å²) >= 11 is 0. The minimum Gasteiger partial charge on any atom is -0.493 e. The van der Waals surface area contributed by atoms with E-state index in [1.807, 2.05) is 17.0 Å². The monoisotopic (exact) mass is 340 g/mol. The van der Waals surface area contributed by atoms with Gasteiger partial charge in [0.15, 0.2) is 11.5 Å². The van der Waals surface area contributed by atoms with E-state index in [2.05, 4.69) is 5.32 Å². The van der Waals surface area contributed by atoms with Gasteiger partial charge < -0.3 is 19.7 Å². The Bertz CT molecular complexity index is 561. The normalized spacial score (nSPS) is 16.3. The van der Waals surface area contributed by atoms with E-state index in [1.165, 1.54) is 18.4 Å². The first-order valence-corrected chi connectivity index (χ1v) is 7.93. The molecule has 1 aliphatic carbocycles. The lowest BCUT2D eigenvalue weighted by Gasteiger charge is -2.29. The fourth-order valence-electron chi connectivity index (χ4n) is 2.91. The lowest BCUT2D eigenvalue weighted by Crippen LogP contribution is -2.41. The van der Waals surface area contributed by atoms with E-state index in [1.54, 1.807) is 14.2 Å². The molecule has 23 heavy (non-hydrogen) atoms. The van der Waals surface area contributed by atoms with Crippen molar-refractivity contribution in [1.29, 1.82) is 0 Å². The van der Waals surface area contributed by atoms with Gasteiger partial charge in [0.05, 0.1) is 20.8 Å². The highest BCUT2D eigenvalue weighted by atomic mass is 35.5. The molecule has 1 aromatic carbocycles. The smallest absolute Gasteiger partial charge is 0.236 e. The number of ether oxygens (including phenoxy) is 2. The zero-order valence-corrected chi connectivity index (χ0v) is 14.6. The molecule has 0 radical (unpaired) electrons. The van der Waals surface area contributed by atoms with Crippen LogP contribution in [0.3, 0.4) is 0 Å². The first kappa shape index (κ1) is 17.9. The summed E-state index contributed by atoms with van der Waals surface area (Å²) in [5.41, 5.74) is 2.40. The van der Waals surface area contributed by atoms with Gasteiger partial charge in [-0.3, -0.25) is 4.79 Å². The molecule has 6 heteroatoms. The number of methoxy groups -OCH3 is 2. The molecule has 1 heterocycles. The van der Waals surface area contributed by atoms with Crippen molar-refractivity contribution in [2.75, 3.05) is 33.9 Å². The van der Waals surface area contributed by atoms with Crippen molar-refractivity contribution >= 4 is 18.3 Å². The molecular weight excluding hydrogens is 316 g/mol. The molecule has 128 valence electrons. The fraction of sp³-hybridized carbons (Fsp3) is 0.588. The van der Waals surface area contributed by atoms with Gasteiger partial charge in [0.25, 0.3) is 0 Å². The zero-order chi connectivity index (χ0) is 15.5. The highest BCUT2D eigenvalue weighted by molar-refractivity contribution is 5.85. The maximum absolute atomic E-state index is 12.3. The Morgan fingerprint density at radius 2 is 1.87 bits per heavy atom. The first-order valence-electron chi connectivity index (χ1n) is 7.93. The van der Waals surface area contributed by atoms with E-state index < -0.39 is 0 Å². The summed E-state index contributed by atoms with van der Waals surface area (Å²) in [5.74, 6) is 2.46. The highest BCUT2D eigenvalue weighted by Gasteiger charge is 2.24. The second-order valence-electron chi connectivity index (χ2n) is 6.12. The van der Waals surface area contributed by atoms with Crippen LogP contribution in [-0.4, -0.2) is 44.7 Å². The number of benzene rings is 1. The molecule has 1 amide bonds. The molecule has 0 spiro atoms. The van der Waals surface area contributed by atoms with Crippen LogP contribution in [-0.2, 0) is 17.8 Å². The number of fused-ring (bicyclic) bond motifs is 1. The Kier molecular flexibility index (Phi) is 6.13. The van der Waals surface area contributed by atoms with E-state index in [0.29, 0.717) is 13.1 Å². The van der Waals surface area contributed by atoms with Crippen LogP contribution in [0.15, 0.2) is 12.1 Å². The van der Waals surface area contributed by atoms with Crippen LogP contribution in [0.1, 0.15) is 24.0 Å². The maximum Gasteiger partial charge on any atom is 0.236 e. The van der Waals surface area contributed by atoms with Gasteiger partial charge in [-0.1, -0.05) is 0 Å². The molecule has 0 saturated heterocycles. The van der Waals surface area contributed by atoms with Crippen molar-refractivity contribution in [3.8, 4) is 11.5 Å². The average molecular weight is 341 g/mol. The van der Waals surface area contributed by atoms with Gasteiger partial charge in [-0.05, 0) is 55.0 Å². The summed E-state index contributed by atoms with van der Waals surface area (Å²) in [7, 11) is 3.28. The third-order valence-electron chi connectivity index (χ3n) is 4.48. The van der Waals surface area contributed by atoms with Crippen LogP contribution in [0, 0.1) is 5.92 Å². The van der Waals surface area contributed by atoms with Crippen molar-refractivity contribution in [3.05, 3.63) is 23.3 Å². The molecule has 0 unspecified atom stereocenters. The van der Waals surface area contributed by atoms with Crippen molar-refractivity contribution in [2.45, 2.75) is 25.8 Å². The minimum absolute atomic E-state index is 0. The number of carbonyl (C=O) groups is 1. The largest absolute Gasteiger partial charge is 0.493 e. The summed E-state index contributed by atoms with van der Waals surface area (Å²) in [6, 6.07) is 4.02. The van der Waals surface area contributed by atoms with Gasteiger partial charge in [0.1, 0.15) is 0 Å². The van der Waals surface area contributed by atoms with Crippen molar-refractivity contribution in [3.63, 3.8) is 0 Å². The number of carbonyl (C=O) groups excluding carboxylic acids is 1. The third kappa shape index (κ3) is 4.30. The van der Waals surface area contributed by atoms with E-state index in [9.17, 15) is 4.79 Å². The number of nitrogens with zero attached hydrogens (tertiary/aromatic N) is 1. The fourth-order valence-corrected chi connectivity index (χ4v) is 2.91. The number of nitrogens with one attached hydrogen (secondary N) is 1. The predicted molar refractivity (Wildman–Crippen MR) is 91.5 cm³/mol. The van der Waals surface area contributed by atoms with E-state index in [0.717, 1.165) is 42.5 Å². The molecule has 0 atom stereocenters. The summed E-state index contributed by atoms with van der Waals surface area (Å²) in [6.07, 6.45) is 3.48. The topological polar surface area (TPSA) is 50.8 Å². The molecule has 1 saturated carbocycles. The summed E-state index contributed by atoms with van der Waals surface area (Å²) in [5, 5.41) is 3.27. The van der Waals surface area contributed by atoms with E-state index in [-0.39, 0.29) is 18.3 Å². The molecule has 3 rings (SSSR count). The SMILES string of the molecule is COc1cc2c(cc1OC)CN(C(=O)CNCC1CC1)CC2.Cl. The zero-order valence-electron chi connectivity index (χ0n) is 13.8. The van der Waals surface area contributed by atoms with Gasteiger partial charge in [-0.25, -0.2) is 0 Å². The average Bonchev–Trinajstić information content (AvgIpc) is 3.37. The maximum atomic E-state index is 12.3. The molecule has 5 nitrogen and oxygen atoms in total. The summed E-state index contributed by atoms with van der Waals surface area (Å²) < 4.78 is 10.7. The number of hydrogen-bond acceptors (Lipinski definition) is 4. The molecule has 1 N–H and O–H groups in total. The van der Waals surface area contributed by atoms with E-state index in [4.69, 9.17) is 9.47 Å². The van der Waals surface area contributed by atoms with Crippen LogP contribution in [0.2, 0.25) is 0 Å². The van der Waals surface area contributed by atoms with Gasteiger partial charge >= 0.3 is 0 Å². The summed E-state index contributed by atoms with van der Waals surface area (Å²) in [6.45, 7) is 2.84. The Balaban J connectivity index is 0.00000192. The van der Waals surface area contributed by atoms with Crippen molar-refractivity contribution in [2.24, 2.45) is 5.92 Å². The Morgan fingerprint density at radius 3 is 2.48 bits per heavy atom. The Labute approximate surface area is 143 Å². The molecule has 0 aromatic heterocycles. The van der Waals surface area contributed by atoms with Gasteiger partial charge in [-0.15, -0.1) is 12.4 Å². The first-order chi connectivity index (χ1) is 10.7. The number of hydrogen-bond donors (Lipinski definition) is 1. The van der Waals surface area contributed by atoms with Crippen molar-refractivity contribution < 1.29 is 14.3 Å². The second-order valence-corrected chi connectivity index (χ2v) is 6.12. The Morgan fingerprint density at radius 1 is 1.22 bits per heavy atom. The molecule has 0 bridgehead atoms. The quantitative estimate of drug-likeness (QED) is 0.860. The number of halogens is 1. The lowest BCUT2D eigenvalue weighted by atomic mass is 9.98. The van der Waals surface area contributed by atoms with Crippen LogP contribution in [0.25, 0.3) is 0 Å². The van der Waals surface area contributed by atoms with Gasteiger partial charge in [0, 0.05) is 13.1 Å². The van der Waals surface area contributed by atoms with Crippen LogP contribution in [0.4, 0.5) is 0 Å². The van der Waals surface area contributed by atoms with E-state index >= 15 is 0 Å². The molecule has 1 aromatic rings. The molecular formula is C17H25ClN2O3. The summed E-state index contributed by atoms with van der Waals surface area (Å²) in [4.78, 5) is 14.2. The lowest BCUT2D eigenvalue weighted by molar-refractivity contribution is -0.131. The molecule has 2 aliphatic rings. The molecule has 1 fully saturated rings. The Hall–Kier alpha value is -1.46. The molecule has 1 aliphatic heterocycles. The number of amides is 1. The standard InChI is InChI=1S/C17H24N2O3.ClH/c1-21-15-7-13-5-6-19(11-14(13)8-16(15)22-2)17(20)10-18-9-12-3-4-12;/h7-8,12,18H,3-6,9-11H2,1-2H3;1H. The van der Waals surface area contributed by atoms with Crippen LogP contribution >= 0.6 is 12.4 Å². The van der Waals surface area contributed by atoms with Gasteiger partial charge in [0.2, 0.25) is 5.91 Å². The van der Waals surface area contributed by atoms with Gasteiger partial charge in [-0.2, -0.15) is 0 Å². The van der Waals surface area contributed by atoms with Crippen molar-refractivity contribution in [1.82, 2.24) is 10.2 Å². The minimum atomic E-state index is 0. The van der Waals surface area contributed by atoms with Crippen LogP contribution in [0.5, 0.6) is 11.5 Å². The third-order valence-corrected chi connectivity index (χ3v) is 4.48. The second kappa shape index (κ2) is 7.88. The predicted octanol–water partition coefficient (Wildman–Crippen LogP) is 2.01.